The van der Waals surface area contributed by atoms with E-state index in [1.54, 1.807) is 11.3 Å². The summed E-state index contributed by atoms with van der Waals surface area (Å²) in [7, 11) is 0. The molecule has 1 fully saturated rings. The van der Waals surface area contributed by atoms with E-state index in [1.807, 2.05) is 16.8 Å². The Labute approximate surface area is 93.3 Å². The SMILES string of the molecule is Cl.O=C(Nc1ccsc1)[C@@H]1CCNC1. The van der Waals surface area contributed by atoms with Crippen molar-refractivity contribution in [1.29, 1.82) is 0 Å². The van der Waals surface area contributed by atoms with Crippen molar-refractivity contribution in [3.8, 4) is 0 Å². The number of carbonyl (C=O) groups excluding carboxylic acids is 1. The van der Waals surface area contributed by atoms with Gasteiger partial charge < -0.3 is 10.6 Å². The molecular formula is C9H13ClN2OS. The highest BCUT2D eigenvalue weighted by atomic mass is 35.5. The van der Waals surface area contributed by atoms with Crippen LogP contribution in [0.15, 0.2) is 16.8 Å². The molecule has 5 heteroatoms. The van der Waals surface area contributed by atoms with Gasteiger partial charge in [0.05, 0.1) is 11.6 Å². The number of anilines is 1. The molecule has 2 rings (SSSR count). The third kappa shape index (κ3) is 2.70. The normalized spacial score (nSPS) is 20.1. The molecule has 1 saturated heterocycles. The summed E-state index contributed by atoms with van der Waals surface area (Å²) < 4.78 is 0. The Bertz CT molecular complexity index is 283. The van der Waals surface area contributed by atoms with Crippen LogP contribution < -0.4 is 10.6 Å². The molecule has 1 aliphatic rings. The van der Waals surface area contributed by atoms with Crippen LogP contribution in [0.5, 0.6) is 0 Å². The van der Waals surface area contributed by atoms with Gasteiger partial charge in [0.25, 0.3) is 0 Å². The summed E-state index contributed by atoms with van der Waals surface area (Å²) in [4.78, 5) is 11.6. The molecule has 0 spiro atoms. The Balaban J connectivity index is 0.000000980. The lowest BCUT2D eigenvalue weighted by molar-refractivity contribution is -0.119. The topological polar surface area (TPSA) is 41.1 Å². The molecule has 0 saturated carbocycles. The van der Waals surface area contributed by atoms with Crippen molar-refractivity contribution in [3.63, 3.8) is 0 Å². The molecule has 1 amide bonds. The molecule has 2 N–H and O–H groups in total. The zero-order valence-electron chi connectivity index (χ0n) is 7.66. The van der Waals surface area contributed by atoms with E-state index in [1.165, 1.54) is 0 Å². The van der Waals surface area contributed by atoms with Gasteiger partial charge in [0.2, 0.25) is 5.91 Å². The van der Waals surface area contributed by atoms with Gasteiger partial charge in [-0.1, -0.05) is 0 Å². The summed E-state index contributed by atoms with van der Waals surface area (Å²) >= 11 is 1.59. The van der Waals surface area contributed by atoms with E-state index in [4.69, 9.17) is 0 Å². The zero-order valence-corrected chi connectivity index (χ0v) is 9.29. The summed E-state index contributed by atoms with van der Waals surface area (Å²) in [5, 5.41) is 9.98. The van der Waals surface area contributed by atoms with Crippen LogP contribution in [0.2, 0.25) is 0 Å². The minimum absolute atomic E-state index is 0. The monoisotopic (exact) mass is 232 g/mol. The van der Waals surface area contributed by atoms with Crippen LogP contribution in [0.1, 0.15) is 6.42 Å². The van der Waals surface area contributed by atoms with Crippen LogP contribution in [-0.2, 0) is 4.79 Å². The van der Waals surface area contributed by atoms with Gasteiger partial charge in [0.15, 0.2) is 0 Å². The molecular weight excluding hydrogens is 220 g/mol. The van der Waals surface area contributed by atoms with Crippen LogP contribution in [0.3, 0.4) is 0 Å². The fraction of sp³-hybridized carbons (Fsp3) is 0.444. The molecule has 0 bridgehead atoms. The summed E-state index contributed by atoms with van der Waals surface area (Å²) in [6.45, 7) is 1.78. The van der Waals surface area contributed by atoms with Gasteiger partial charge in [-0.15, -0.1) is 12.4 Å². The van der Waals surface area contributed by atoms with E-state index < -0.39 is 0 Å². The number of halogens is 1. The first-order valence-electron chi connectivity index (χ1n) is 4.40. The van der Waals surface area contributed by atoms with Crippen molar-refractivity contribution in [2.45, 2.75) is 6.42 Å². The standard InChI is InChI=1S/C9H12N2OS.ClH/c12-9(7-1-3-10-5-7)11-8-2-4-13-6-8;/h2,4,6-7,10H,1,3,5H2,(H,11,12);1H/t7-;/m1./s1. The smallest absolute Gasteiger partial charge is 0.228 e. The van der Waals surface area contributed by atoms with Gasteiger partial charge >= 0.3 is 0 Å². The van der Waals surface area contributed by atoms with Crippen molar-refractivity contribution in [3.05, 3.63) is 16.8 Å². The Morgan fingerprint density at radius 3 is 3.07 bits per heavy atom. The number of hydrogen-bond donors (Lipinski definition) is 2. The van der Waals surface area contributed by atoms with Crippen LogP contribution >= 0.6 is 23.7 Å². The molecule has 0 unspecified atom stereocenters. The van der Waals surface area contributed by atoms with Crippen LogP contribution in [-0.4, -0.2) is 19.0 Å². The van der Waals surface area contributed by atoms with Crippen molar-refractivity contribution in [2.24, 2.45) is 5.92 Å². The molecule has 1 aromatic rings. The summed E-state index contributed by atoms with van der Waals surface area (Å²) in [5.74, 6) is 0.295. The molecule has 2 heterocycles. The van der Waals surface area contributed by atoms with E-state index in [9.17, 15) is 4.79 Å². The Morgan fingerprint density at radius 1 is 1.64 bits per heavy atom. The van der Waals surface area contributed by atoms with Crippen LogP contribution in [0, 0.1) is 5.92 Å². The first kappa shape index (κ1) is 11.5. The largest absolute Gasteiger partial charge is 0.325 e. The maximum Gasteiger partial charge on any atom is 0.228 e. The Morgan fingerprint density at radius 2 is 2.50 bits per heavy atom. The zero-order chi connectivity index (χ0) is 9.10. The Hall–Kier alpha value is -0.580. The van der Waals surface area contributed by atoms with Crippen LogP contribution in [0.25, 0.3) is 0 Å². The molecule has 0 aliphatic carbocycles. The van der Waals surface area contributed by atoms with Crippen molar-refractivity contribution < 1.29 is 4.79 Å². The molecule has 3 nitrogen and oxygen atoms in total. The first-order chi connectivity index (χ1) is 6.36. The lowest BCUT2D eigenvalue weighted by Gasteiger charge is -2.07. The number of carbonyl (C=O) groups is 1. The molecule has 1 atom stereocenters. The summed E-state index contributed by atoms with van der Waals surface area (Å²) in [6, 6.07) is 1.92. The second-order valence-electron chi connectivity index (χ2n) is 3.19. The maximum absolute atomic E-state index is 11.6. The molecule has 1 aliphatic heterocycles. The summed E-state index contributed by atoms with van der Waals surface area (Å²) in [6.07, 6.45) is 0.954. The number of rotatable bonds is 2. The maximum atomic E-state index is 11.6. The van der Waals surface area contributed by atoms with Crippen molar-refractivity contribution in [2.75, 3.05) is 18.4 Å². The fourth-order valence-electron chi connectivity index (χ4n) is 1.46. The molecule has 0 radical (unpaired) electrons. The Kier molecular flexibility index (Phi) is 4.38. The molecule has 78 valence electrons. The third-order valence-corrected chi connectivity index (χ3v) is 2.90. The lowest BCUT2D eigenvalue weighted by Crippen LogP contribution is -2.24. The van der Waals surface area contributed by atoms with Gasteiger partial charge in [-0.05, 0) is 24.4 Å². The minimum Gasteiger partial charge on any atom is -0.325 e. The quantitative estimate of drug-likeness (QED) is 0.815. The highest BCUT2D eigenvalue weighted by Crippen LogP contribution is 2.15. The number of thiophene rings is 1. The lowest BCUT2D eigenvalue weighted by atomic mass is 10.1. The second-order valence-corrected chi connectivity index (χ2v) is 3.97. The van der Waals surface area contributed by atoms with E-state index in [0.29, 0.717) is 0 Å². The van der Waals surface area contributed by atoms with Gasteiger partial charge in [-0.3, -0.25) is 4.79 Å². The third-order valence-electron chi connectivity index (χ3n) is 2.22. The molecule has 14 heavy (non-hydrogen) atoms. The number of nitrogens with one attached hydrogen (secondary N) is 2. The van der Waals surface area contributed by atoms with Gasteiger partial charge in [0, 0.05) is 11.9 Å². The van der Waals surface area contributed by atoms with Crippen LogP contribution in [0.4, 0.5) is 5.69 Å². The highest BCUT2D eigenvalue weighted by molar-refractivity contribution is 7.08. The van der Waals surface area contributed by atoms with E-state index in [-0.39, 0.29) is 24.2 Å². The van der Waals surface area contributed by atoms with Crippen molar-refractivity contribution in [1.82, 2.24) is 5.32 Å². The van der Waals surface area contributed by atoms with E-state index in [2.05, 4.69) is 10.6 Å². The summed E-state index contributed by atoms with van der Waals surface area (Å²) in [5.41, 5.74) is 0.918. The average molecular weight is 233 g/mol. The van der Waals surface area contributed by atoms with E-state index >= 15 is 0 Å². The number of amides is 1. The van der Waals surface area contributed by atoms with Crippen molar-refractivity contribution >= 4 is 35.3 Å². The van der Waals surface area contributed by atoms with Gasteiger partial charge in [-0.25, -0.2) is 0 Å². The predicted octanol–water partition coefficient (Wildman–Crippen LogP) is 1.72. The van der Waals surface area contributed by atoms with E-state index in [0.717, 1.165) is 25.2 Å². The highest BCUT2D eigenvalue weighted by Gasteiger charge is 2.22. The predicted molar refractivity (Wildman–Crippen MR) is 61.2 cm³/mol. The van der Waals surface area contributed by atoms with Gasteiger partial charge in [0.1, 0.15) is 0 Å². The molecule has 0 aromatic carbocycles. The first-order valence-corrected chi connectivity index (χ1v) is 5.34. The van der Waals surface area contributed by atoms with Gasteiger partial charge in [-0.2, -0.15) is 11.3 Å². The second kappa shape index (κ2) is 5.34. The minimum atomic E-state index is 0. The average Bonchev–Trinajstić information content (AvgIpc) is 2.74. The molecule has 1 aromatic heterocycles. The number of hydrogen-bond acceptors (Lipinski definition) is 3. The fourth-order valence-corrected chi connectivity index (χ4v) is 2.05.